The van der Waals surface area contributed by atoms with Gasteiger partial charge in [0.25, 0.3) is 0 Å². The molecule has 54 valence electrons. The average molecular weight is 172 g/mol. The van der Waals surface area contributed by atoms with Crippen LogP contribution in [-0.4, -0.2) is 74.4 Å². The van der Waals surface area contributed by atoms with Gasteiger partial charge in [-0.3, -0.25) is 9.59 Å². The zero-order chi connectivity index (χ0) is 7.44. The van der Waals surface area contributed by atoms with Crippen LogP contribution in [0.2, 0.25) is 0 Å². The first-order valence-corrected chi connectivity index (χ1v) is 2.30. The molecule has 0 radical (unpaired) electrons. The van der Waals surface area contributed by atoms with E-state index in [1.165, 1.54) is 0 Å². The maximum absolute atomic E-state index is 9.99. The minimum atomic E-state index is -1.21. The number of hydrogen-bond acceptors (Lipinski definition) is 3. The average Bonchev–Trinajstić information content (AvgIpc) is 1.63. The van der Waals surface area contributed by atoms with Gasteiger partial charge in [0.15, 0.2) is 0 Å². The van der Waals surface area contributed by atoms with Crippen LogP contribution in [0.3, 0.4) is 0 Å². The standard InChI is InChI=1S/C4H8N2O3.K.H/c5-2(4(8)9)1-3(6)7;;/h2H,1,5H2,(H2,6,7)(H,8,9);;/t2-;;/m0../s1. The van der Waals surface area contributed by atoms with Crippen molar-refractivity contribution in [2.24, 2.45) is 11.5 Å². The van der Waals surface area contributed by atoms with Gasteiger partial charge in [0, 0.05) is 0 Å². The number of carbonyl (C=O) groups is 2. The van der Waals surface area contributed by atoms with Crippen LogP contribution in [0.15, 0.2) is 0 Å². The molecule has 0 rings (SSSR count). The second-order valence-corrected chi connectivity index (χ2v) is 1.62. The molecule has 0 bridgehead atoms. The molecule has 5 N–H and O–H groups in total. The number of primary amides is 1. The summed E-state index contributed by atoms with van der Waals surface area (Å²) in [5.74, 6) is -1.92. The summed E-state index contributed by atoms with van der Waals surface area (Å²) in [6.07, 6.45) is -0.310. The van der Waals surface area contributed by atoms with Crippen LogP contribution in [0.5, 0.6) is 0 Å². The van der Waals surface area contributed by atoms with Crippen molar-refractivity contribution in [2.75, 3.05) is 0 Å². The van der Waals surface area contributed by atoms with E-state index in [-0.39, 0.29) is 57.8 Å². The van der Waals surface area contributed by atoms with Crippen LogP contribution in [-0.2, 0) is 9.59 Å². The van der Waals surface area contributed by atoms with Crippen molar-refractivity contribution in [1.29, 1.82) is 0 Å². The first-order valence-electron chi connectivity index (χ1n) is 2.30. The third-order valence-electron chi connectivity index (χ3n) is 0.738. The quantitative estimate of drug-likeness (QED) is 0.413. The molecule has 0 aliphatic carbocycles. The van der Waals surface area contributed by atoms with E-state index >= 15 is 0 Å². The van der Waals surface area contributed by atoms with Crippen molar-refractivity contribution < 1.29 is 14.7 Å². The number of carboxylic acid groups (broad SMARTS) is 1. The Morgan fingerprint density at radius 3 is 2.00 bits per heavy atom. The van der Waals surface area contributed by atoms with Gasteiger partial charge in [0.1, 0.15) is 6.04 Å². The number of aliphatic carboxylic acids is 1. The number of carboxylic acids is 1. The van der Waals surface area contributed by atoms with E-state index in [4.69, 9.17) is 10.8 Å². The molecule has 1 atom stereocenters. The second kappa shape index (κ2) is 6.26. The Bertz CT molecular complexity index is 138. The zero-order valence-electron chi connectivity index (χ0n) is 4.70. The summed E-state index contributed by atoms with van der Waals surface area (Å²) >= 11 is 0. The molecule has 0 aliphatic rings. The maximum atomic E-state index is 9.99. The van der Waals surface area contributed by atoms with Crippen LogP contribution in [0.4, 0.5) is 0 Å². The van der Waals surface area contributed by atoms with E-state index < -0.39 is 17.9 Å². The van der Waals surface area contributed by atoms with Crippen LogP contribution < -0.4 is 11.5 Å². The predicted molar refractivity (Wildman–Crippen MR) is 36.6 cm³/mol. The fourth-order valence-corrected chi connectivity index (χ4v) is 0.304. The van der Waals surface area contributed by atoms with Gasteiger partial charge in [-0.25, -0.2) is 0 Å². The van der Waals surface area contributed by atoms with E-state index in [0.717, 1.165) is 0 Å². The van der Waals surface area contributed by atoms with Crippen molar-refractivity contribution in [3.05, 3.63) is 0 Å². The van der Waals surface area contributed by atoms with Gasteiger partial charge in [-0.05, 0) is 0 Å². The Hall–Kier alpha value is 0.536. The molecule has 10 heavy (non-hydrogen) atoms. The Labute approximate surface area is 101 Å². The third-order valence-corrected chi connectivity index (χ3v) is 0.738. The van der Waals surface area contributed by atoms with Crippen molar-refractivity contribution in [3.63, 3.8) is 0 Å². The molecule has 0 aliphatic heterocycles. The number of nitrogens with two attached hydrogens (primary N) is 2. The van der Waals surface area contributed by atoms with Crippen molar-refractivity contribution in [2.45, 2.75) is 12.5 Å². The van der Waals surface area contributed by atoms with Crippen LogP contribution >= 0.6 is 0 Å². The van der Waals surface area contributed by atoms with Crippen molar-refractivity contribution in [1.82, 2.24) is 0 Å². The molecule has 0 unspecified atom stereocenters. The number of rotatable bonds is 3. The fraction of sp³-hybridized carbons (Fsp3) is 0.500. The molecule has 0 aromatic carbocycles. The third kappa shape index (κ3) is 6.65. The number of carbonyl (C=O) groups excluding carboxylic acids is 1. The Morgan fingerprint density at radius 2 is 1.90 bits per heavy atom. The zero-order valence-corrected chi connectivity index (χ0v) is 4.70. The summed E-state index contributed by atoms with van der Waals surface area (Å²) in [5.41, 5.74) is 9.57. The SMILES string of the molecule is NC(=O)C[C@H](N)C(=O)O.[KH]. The Kier molecular flexibility index (Phi) is 8.23. The van der Waals surface area contributed by atoms with Crippen molar-refractivity contribution in [3.8, 4) is 0 Å². The number of amides is 1. The molecule has 0 saturated heterocycles. The van der Waals surface area contributed by atoms with Gasteiger partial charge in [-0.1, -0.05) is 0 Å². The summed E-state index contributed by atoms with van der Waals surface area (Å²) in [6.45, 7) is 0. The molecule has 0 aromatic rings. The van der Waals surface area contributed by atoms with E-state index in [0.29, 0.717) is 0 Å². The van der Waals surface area contributed by atoms with Gasteiger partial charge in [0.2, 0.25) is 5.91 Å². The van der Waals surface area contributed by atoms with E-state index in [2.05, 4.69) is 5.73 Å². The summed E-state index contributed by atoms with van der Waals surface area (Å²) in [4.78, 5) is 19.9. The van der Waals surface area contributed by atoms with E-state index in [9.17, 15) is 9.59 Å². The Balaban J connectivity index is 0. The molecule has 0 saturated carbocycles. The Morgan fingerprint density at radius 1 is 1.50 bits per heavy atom. The molecule has 0 heterocycles. The molecule has 0 aromatic heterocycles. The first-order chi connectivity index (χ1) is 4.04. The molecular formula is C4H9KN2O3. The van der Waals surface area contributed by atoms with Crippen LogP contribution in [0.1, 0.15) is 6.42 Å². The van der Waals surface area contributed by atoms with Crippen LogP contribution in [0, 0.1) is 0 Å². The molecule has 0 spiro atoms. The first kappa shape index (κ1) is 13.1. The summed E-state index contributed by atoms with van der Waals surface area (Å²) < 4.78 is 0. The summed E-state index contributed by atoms with van der Waals surface area (Å²) in [6, 6.07) is -1.16. The monoisotopic (exact) mass is 172 g/mol. The molecule has 6 heteroatoms. The van der Waals surface area contributed by atoms with Crippen molar-refractivity contribution >= 4 is 63.3 Å². The van der Waals surface area contributed by atoms with E-state index in [1.807, 2.05) is 0 Å². The molecule has 1 amide bonds. The molecule has 0 fully saturated rings. The van der Waals surface area contributed by atoms with Gasteiger partial charge in [-0.15, -0.1) is 0 Å². The van der Waals surface area contributed by atoms with Crippen LogP contribution in [0.25, 0.3) is 0 Å². The molecular weight excluding hydrogens is 163 g/mol. The topological polar surface area (TPSA) is 106 Å². The van der Waals surface area contributed by atoms with Gasteiger partial charge < -0.3 is 16.6 Å². The second-order valence-electron chi connectivity index (χ2n) is 1.62. The fourth-order valence-electron chi connectivity index (χ4n) is 0.304. The van der Waals surface area contributed by atoms with Gasteiger partial charge >= 0.3 is 57.4 Å². The summed E-state index contributed by atoms with van der Waals surface area (Å²) in [5, 5.41) is 8.10. The predicted octanol–water partition coefficient (Wildman–Crippen LogP) is -2.37. The normalized spacial score (nSPS) is 11.3. The van der Waals surface area contributed by atoms with Gasteiger partial charge in [-0.2, -0.15) is 0 Å². The van der Waals surface area contributed by atoms with E-state index in [1.54, 1.807) is 0 Å². The molecule has 5 nitrogen and oxygen atoms in total. The number of hydrogen-bond donors (Lipinski definition) is 3. The van der Waals surface area contributed by atoms with Gasteiger partial charge in [0.05, 0.1) is 6.42 Å². The summed E-state index contributed by atoms with van der Waals surface area (Å²) in [7, 11) is 0. The minimum absolute atomic E-state index is 0.